The highest BCUT2D eigenvalue weighted by Crippen LogP contribution is 2.42. The predicted octanol–water partition coefficient (Wildman–Crippen LogP) is 5.53. The number of aldehydes is 1. The Morgan fingerprint density at radius 1 is 0.962 bits per heavy atom. The minimum Gasteiger partial charge on any atom is -0.477 e. The Labute approximate surface area is 313 Å². The van der Waals surface area contributed by atoms with Crippen LogP contribution in [0.5, 0.6) is 0 Å². The van der Waals surface area contributed by atoms with Gasteiger partial charge in [-0.3, -0.25) is 19.8 Å². The van der Waals surface area contributed by atoms with Crippen molar-refractivity contribution >= 4 is 64.1 Å². The first-order chi connectivity index (χ1) is 25.4. The number of nitrogens with one attached hydrogen (secondary N) is 2. The Morgan fingerprint density at radius 3 is 2.04 bits per heavy atom. The van der Waals surface area contributed by atoms with E-state index in [1.807, 2.05) is 91.0 Å². The number of oxime groups is 1. The van der Waals surface area contributed by atoms with Gasteiger partial charge in [0.15, 0.2) is 10.8 Å². The van der Waals surface area contributed by atoms with Gasteiger partial charge in [-0.1, -0.05) is 96.2 Å². The van der Waals surface area contributed by atoms with E-state index in [9.17, 15) is 29.1 Å². The molecule has 13 nitrogen and oxygen atoms in total. The van der Waals surface area contributed by atoms with Crippen LogP contribution in [0.4, 0.5) is 9.93 Å². The van der Waals surface area contributed by atoms with Crippen LogP contribution < -0.4 is 10.6 Å². The Balaban J connectivity index is 1.41. The topological polar surface area (TPSA) is 177 Å². The predicted molar refractivity (Wildman–Crippen MR) is 199 cm³/mol. The number of carbonyl (C=O) groups is 5. The van der Waals surface area contributed by atoms with E-state index in [4.69, 9.17) is 9.57 Å². The number of aromatic nitrogens is 1. The van der Waals surface area contributed by atoms with Crippen LogP contribution in [-0.4, -0.2) is 73.6 Å². The van der Waals surface area contributed by atoms with Gasteiger partial charge in [-0.2, -0.15) is 0 Å². The number of carbonyl (C=O) groups excluding carboxylic acids is 4. The largest absolute Gasteiger partial charge is 0.477 e. The Hall–Kier alpha value is -5.80. The molecule has 6 rings (SSSR count). The second-order valence-electron chi connectivity index (χ2n) is 13.0. The summed E-state index contributed by atoms with van der Waals surface area (Å²) in [5.74, 6) is -2.65. The number of aliphatic carboxylic acids is 1. The SMILES string of the molecule is CC(C)(C)OC(=O)Nc1nc(/C(=N\OC(c2ccccc2)(c2ccccc2)c2ccccc2)C(=O)NC2C(=O)N3C(C(=O)O)=C(CC=O)CSC23)cs1. The van der Waals surface area contributed by atoms with Crippen molar-refractivity contribution in [1.29, 1.82) is 0 Å². The molecule has 0 spiro atoms. The first-order valence-electron chi connectivity index (χ1n) is 16.5. The Morgan fingerprint density at radius 2 is 1.53 bits per heavy atom. The zero-order valence-corrected chi connectivity index (χ0v) is 30.5. The van der Waals surface area contributed by atoms with Gasteiger partial charge < -0.3 is 24.8 Å². The summed E-state index contributed by atoms with van der Waals surface area (Å²) in [5, 5.41) is 20.5. The number of nitrogens with zero attached hydrogens (tertiary/aromatic N) is 3. The highest BCUT2D eigenvalue weighted by atomic mass is 32.2. The molecule has 2 atom stereocenters. The number of fused-ring (bicyclic) bond motifs is 1. The van der Waals surface area contributed by atoms with Gasteiger partial charge in [-0.15, -0.1) is 23.1 Å². The molecule has 0 saturated carbocycles. The molecule has 2 unspecified atom stereocenters. The summed E-state index contributed by atoms with van der Waals surface area (Å²) in [4.78, 5) is 75.8. The third-order valence-corrected chi connectivity index (χ3v) is 10.3. The summed E-state index contributed by atoms with van der Waals surface area (Å²) in [6.07, 6.45) is -0.295. The summed E-state index contributed by atoms with van der Waals surface area (Å²) in [6.45, 7) is 5.16. The van der Waals surface area contributed by atoms with Crippen molar-refractivity contribution in [3.05, 3.63) is 130 Å². The van der Waals surface area contributed by atoms with Crippen molar-refractivity contribution < 1.29 is 38.7 Å². The first kappa shape index (κ1) is 37.0. The molecule has 4 aromatic rings. The third-order valence-electron chi connectivity index (χ3n) is 8.25. The lowest BCUT2D eigenvalue weighted by molar-refractivity contribution is -0.150. The molecule has 0 aliphatic carbocycles. The number of rotatable bonds is 12. The molecule has 0 radical (unpaired) electrons. The van der Waals surface area contributed by atoms with Crippen LogP contribution >= 0.6 is 23.1 Å². The summed E-state index contributed by atoms with van der Waals surface area (Å²) in [7, 11) is 0. The van der Waals surface area contributed by atoms with Crippen LogP contribution in [0.3, 0.4) is 0 Å². The summed E-state index contributed by atoms with van der Waals surface area (Å²) < 4.78 is 5.36. The van der Waals surface area contributed by atoms with E-state index >= 15 is 0 Å². The molecule has 0 bridgehead atoms. The van der Waals surface area contributed by atoms with Crippen LogP contribution in [0.25, 0.3) is 0 Å². The van der Waals surface area contributed by atoms with E-state index in [-0.39, 0.29) is 34.4 Å². The number of benzene rings is 3. The van der Waals surface area contributed by atoms with Gasteiger partial charge in [-0.05, 0) is 26.3 Å². The van der Waals surface area contributed by atoms with Crippen LogP contribution in [0.2, 0.25) is 0 Å². The van der Waals surface area contributed by atoms with E-state index in [0.717, 1.165) is 16.2 Å². The van der Waals surface area contributed by atoms with E-state index in [1.54, 1.807) is 20.8 Å². The lowest BCUT2D eigenvalue weighted by Gasteiger charge is -2.49. The molecule has 53 heavy (non-hydrogen) atoms. The molecule has 2 aliphatic heterocycles. The van der Waals surface area contributed by atoms with Crippen LogP contribution in [0.15, 0.2) is 113 Å². The number of carboxylic acid groups (broad SMARTS) is 1. The summed E-state index contributed by atoms with van der Waals surface area (Å²) in [5.41, 5.74) is -0.268. The average molecular weight is 754 g/mol. The zero-order valence-electron chi connectivity index (χ0n) is 28.8. The molecule has 2 aliphatic rings. The molecular formula is C38H35N5O8S2. The van der Waals surface area contributed by atoms with E-state index in [0.29, 0.717) is 28.5 Å². The molecule has 1 fully saturated rings. The number of amides is 3. The molecular weight excluding hydrogens is 719 g/mol. The lowest BCUT2D eigenvalue weighted by atomic mass is 9.80. The third kappa shape index (κ3) is 7.71. The number of carboxylic acids is 1. The van der Waals surface area contributed by atoms with Crippen molar-refractivity contribution in [2.24, 2.45) is 5.16 Å². The van der Waals surface area contributed by atoms with Crippen molar-refractivity contribution in [3.63, 3.8) is 0 Å². The molecule has 3 N–H and O–H groups in total. The number of ether oxygens (including phenoxy) is 1. The fourth-order valence-electron chi connectivity index (χ4n) is 5.98. The normalized spacial score (nSPS) is 17.3. The van der Waals surface area contributed by atoms with Gasteiger partial charge in [0, 0.05) is 34.2 Å². The Kier molecular flexibility index (Phi) is 10.8. The molecule has 1 saturated heterocycles. The number of thiazole rings is 1. The molecule has 272 valence electrons. The number of anilines is 1. The van der Waals surface area contributed by atoms with Gasteiger partial charge in [0.05, 0.1) is 0 Å². The summed E-state index contributed by atoms with van der Waals surface area (Å²) >= 11 is 2.25. The minimum atomic E-state index is -1.37. The highest BCUT2D eigenvalue weighted by molar-refractivity contribution is 8.00. The second-order valence-corrected chi connectivity index (χ2v) is 14.9. The van der Waals surface area contributed by atoms with Gasteiger partial charge in [0.25, 0.3) is 11.8 Å². The maximum atomic E-state index is 14.3. The standard InChI is InChI=1S/C38H35N5O8S2/c1-37(2,3)50-36(49)41-35-39-27(22-53-35)28(31(45)40-29-32(46)43-30(34(47)48)23(19-20-44)21-52-33(29)43)42-51-38(24-13-7-4-8-14-24,25-15-9-5-10-16-25)26-17-11-6-12-18-26/h4-18,20,22,29,33H,19,21H2,1-3H3,(H,40,45)(H,47,48)(H,39,41,49)/b42-28+. The van der Waals surface area contributed by atoms with E-state index < -0.39 is 46.5 Å². The zero-order chi connectivity index (χ0) is 37.8. The molecule has 1 aromatic heterocycles. The first-order valence-corrected chi connectivity index (χ1v) is 18.4. The van der Waals surface area contributed by atoms with Crippen molar-refractivity contribution in [2.45, 2.75) is 49.8 Å². The lowest BCUT2D eigenvalue weighted by Crippen LogP contribution is -2.71. The highest BCUT2D eigenvalue weighted by Gasteiger charge is 2.54. The second kappa shape index (κ2) is 15.4. The van der Waals surface area contributed by atoms with Crippen molar-refractivity contribution in [3.8, 4) is 0 Å². The van der Waals surface area contributed by atoms with Crippen LogP contribution in [-0.2, 0) is 34.4 Å². The maximum Gasteiger partial charge on any atom is 0.413 e. The minimum absolute atomic E-state index is 0.0287. The number of thioether (sulfide) groups is 1. The monoisotopic (exact) mass is 753 g/mol. The fourth-order valence-corrected chi connectivity index (χ4v) is 8.02. The van der Waals surface area contributed by atoms with Crippen molar-refractivity contribution in [2.75, 3.05) is 11.1 Å². The molecule has 15 heteroatoms. The van der Waals surface area contributed by atoms with Gasteiger partial charge in [0.2, 0.25) is 5.60 Å². The van der Waals surface area contributed by atoms with Crippen molar-refractivity contribution in [1.82, 2.24) is 15.2 Å². The average Bonchev–Trinajstić information content (AvgIpc) is 3.60. The molecule has 3 amide bonds. The van der Waals surface area contributed by atoms with E-state index in [2.05, 4.69) is 20.8 Å². The Bertz CT molecular complexity index is 1980. The van der Waals surface area contributed by atoms with E-state index in [1.165, 1.54) is 17.1 Å². The van der Waals surface area contributed by atoms with Crippen LogP contribution in [0, 0.1) is 0 Å². The fraction of sp³-hybridized carbons (Fsp3) is 0.237. The number of hydrogen-bond acceptors (Lipinski definition) is 11. The maximum absolute atomic E-state index is 14.3. The smallest absolute Gasteiger partial charge is 0.413 e. The number of β-lactam (4-membered cyclic amide) rings is 1. The number of hydrogen-bond donors (Lipinski definition) is 3. The molecule has 3 aromatic carbocycles. The molecule has 3 heterocycles. The van der Waals surface area contributed by atoms with Gasteiger partial charge >= 0.3 is 12.1 Å². The summed E-state index contributed by atoms with van der Waals surface area (Å²) in [6, 6.07) is 27.0. The van der Waals surface area contributed by atoms with Gasteiger partial charge in [0.1, 0.15) is 34.7 Å². The van der Waals surface area contributed by atoms with Crippen LogP contribution in [0.1, 0.15) is 49.6 Å². The van der Waals surface area contributed by atoms with Gasteiger partial charge in [-0.25, -0.2) is 14.6 Å². The quantitative estimate of drug-likeness (QED) is 0.0548.